The van der Waals surface area contributed by atoms with Crippen LogP contribution >= 0.6 is 11.6 Å². The number of anilines is 2. The lowest BCUT2D eigenvalue weighted by molar-refractivity contribution is 0.101. The van der Waals surface area contributed by atoms with Crippen molar-refractivity contribution in [3.05, 3.63) is 69.7 Å². The van der Waals surface area contributed by atoms with Gasteiger partial charge in [0.15, 0.2) is 5.78 Å². The minimum absolute atomic E-state index is 0.00545. The van der Waals surface area contributed by atoms with Gasteiger partial charge in [0.1, 0.15) is 11.4 Å². The van der Waals surface area contributed by atoms with Crippen LogP contribution in [0.4, 0.5) is 11.4 Å². The molecule has 0 aliphatic heterocycles. The van der Waals surface area contributed by atoms with E-state index in [9.17, 15) is 14.7 Å². The predicted molar refractivity (Wildman–Crippen MR) is 104 cm³/mol. The van der Waals surface area contributed by atoms with E-state index in [-0.39, 0.29) is 30.2 Å². The van der Waals surface area contributed by atoms with E-state index in [2.05, 4.69) is 15.4 Å². The van der Waals surface area contributed by atoms with Crippen LogP contribution in [-0.2, 0) is 6.54 Å². The topological polar surface area (TPSA) is 97.1 Å². The van der Waals surface area contributed by atoms with Gasteiger partial charge in [0.2, 0.25) is 0 Å². The number of carbonyl (C=O) groups is 1. The smallest absolute Gasteiger partial charge is 0.291 e. The molecule has 2 N–H and O–H groups in total. The maximum absolute atomic E-state index is 12.9. The summed E-state index contributed by atoms with van der Waals surface area (Å²) in [5.41, 5.74) is 1.17. The van der Waals surface area contributed by atoms with Crippen LogP contribution in [0.1, 0.15) is 17.3 Å². The van der Waals surface area contributed by atoms with E-state index < -0.39 is 5.56 Å². The van der Waals surface area contributed by atoms with E-state index in [1.165, 1.54) is 6.92 Å². The van der Waals surface area contributed by atoms with Crippen molar-refractivity contribution in [2.45, 2.75) is 13.5 Å². The summed E-state index contributed by atoms with van der Waals surface area (Å²) in [4.78, 5) is 29.4. The van der Waals surface area contributed by atoms with Crippen molar-refractivity contribution in [1.82, 2.24) is 14.8 Å². The van der Waals surface area contributed by atoms with Crippen molar-refractivity contribution < 1.29 is 9.90 Å². The maximum Gasteiger partial charge on any atom is 0.291 e. The van der Waals surface area contributed by atoms with Crippen LogP contribution in [0.2, 0.25) is 5.02 Å². The molecule has 0 aliphatic rings. The molecule has 138 valence electrons. The van der Waals surface area contributed by atoms with E-state index in [0.29, 0.717) is 22.0 Å². The minimum atomic E-state index is -0.512. The van der Waals surface area contributed by atoms with Gasteiger partial charge in [0.25, 0.3) is 5.56 Å². The number of halogens is 1. The van der Waals surface area contributed by atoms with Gasteiger partial charge in [0, 0.05) is 28.7 Å². The molecule has 1 aromatic carbocycles. The second kappa shape index (κ2) is 8.11. The highest BCUT2D eigenvalue weighted by Crippen LogP contribution is 2.27. The summed E-state index contributed by atoms with van der Waals surface area (Å²) in [6.45, 7) is 1.10. The lowest BCUT2D eigenvalue weighted by Gasteiger charge is -2.16. The van der Waals surface area contributed by atoms with Gasteiger partial charge in [-0.15, -0.1) is 0 Å². The molecule has 0 radical (unpaired) electrons. The largest absolute Gasteiger partial charge is 0.394 e. The van der Waals surface area contributed by atoms with Crippen molar-refractivity contribution >= 4 is 28.8 Å². The molecule has 2 aromatic heterocycles. The highest BCUT2D eigenvalue weighted by molar-refractivity contribution is 6.30. The van der Waals surface area contributed by atoms with Gasteiger partial charge in [-0.25, -0.2) is 4.68 Å². The molecule has 0 spiro atoms. The number of nitrogens with one attached hydrogen (secondary N) is 1. The van der Waals surface area contributed by atoms with E-state index in [0.717, 1.165) is 4.68 Å². The van der Waals surface area contributed by atoms with Crippen LogP contribution in [0.15, 0.2) is 53.6 Å². The number of aromatic nitrogens is 3. The second-order valence-electron chi connectivity index (χ2n) is 5.78. The van der Waals surface area contributed by atoms with Crippen molar-refractivity contribution in [1.29, 1.82) is 0 Å². The lowest BCUT2D eigenvalue weighted by Crippen LogP contribution is -2.29. The summed E-state index contributed by atoms with van der Waals surface area (Å²) >= 11 is 6.02. The number of hydrogen-bond acceptors (Lipinski definition) is 6. The summed E-state index contributed by atoms with van der Waals surface area (Å²) in [6, 6.07) is 10.3. The third kappa shape index (κ3) is 4.05. The molecule has 8 heteroatoms. The van der Waals surface area contributed by atoms with Crippen molar-refractivity contribution in [2.24, 2.45) is 0 Å². The van der Waals surface area contributed by atoms with Gasteiger partial charge < -0.3 is 10.4 Å². The molecular formula is C19H17ClN4O3. The Morgan fingerprint density at radius 1 is 1.30 bits per heavy atom. The molecule has 0 aliphatic carbocycles. The first kappa shape index (κ1) is 18.8. The molecule has 0 unspecified atom stereocenters. The second-order valence-corrected chi connectivity index (χ2v) is 6.22. The third-order valence-electron chi connectivity index (χ3n) is 3.85. The van der Waals surface area contributed by atoms with Crippen molar-refractivity contribution in [2.75, 3.05) is 11.9 Å². The number of aliphatic hydroxyl groups is 1. The van der Waals surface area contributed by atoms with Crippen LogP contribution < -0.4 is 10.9 Å². The molecule has 0 atom stereocenters. The normalized spacial score (nSPS) is 10.6. The minimum Gasteiger partial charge on any atom is -0.394 e. The van der Waals surface area contributed by atoms with Gasteiger partial charge in [0.05, 0.1) is 18.7 Å². The number of Topliss-reactive ketones (excluding diaryl/α,β-unsaturated/α-hetero) is 1. The first-order chi connectivity index (χ1) is 13.0. The lowest BCUT2D eigenvalue weighted by atomic mass is 10.0. The fraction of sp³-hybridized carbons (Fsp3) is 0.158. The third-order valence-corrected chi connectivity index (χ3v) is 4.08. The summed E-state index contributed by atoms with van der Waals surface area (Å²) in [6.07, 6.45) is 3.16. The molecule has 0 saturated heterocycles. The van der Waals surface area contributed by atoms with Crippen LogP contribution in [0, 0.1) is 0 Å². The number of ketones is 1. The molecule has 0 fully saturated rings. The van der Waals surface area contributed by atoms with E-state index in [1.807, 2.05) is 0 Å². The number of pyridine rings is 1. The van der Waals surface area contributed by atoms with Crippen LogP contribution in [0.3, 0.4) is 0 Å². The number of aliphatic hydroxyl groups excluding tert-OH is 1. The average molecular weight is 385 g/mol. The fourth-order valence-electron chi connectivity index (χ4n) is 2.69. The average Bonchev–Trinajstić information content (AvgIpc) is 2.65. The first-order valence-electron chi connectivity index (χ1n) is 8.21. The Kier molecular flexibility index (Phi) is 5.63. The monoisotopic (exact) mass is 384 g/mol. The summed E-state index contributed by atoms with van der Waals surface area (Å²) in [7, 11) is 0. The summed E-state index contributed by atoms with van der Waals surface area (Å²) in [5.74, 6) is -0.320. The van der Waals surface area contributed by atoms with Gasteiger partial charge in [-0.3, -0.25) is 14.6 Å². The molecule has 0 saturated carbocycles. The van der Waals surface area contributed by atoms with E-state index in [1.54, 1.807) is 48.8 Å². The van der Waals surface area contributed by atoms with E-state index >= 15 is 0 Å². The van der Waals surface area contributed by atoms with Crippen LogP contribution in [-0.4, -0.2) is 32.3 Å². The Bertz CT molecular complexity index is 1030. The van der Waals surface area contributed by atoms with Gasteiger partial charge in [-0.2, -0.15) is 5.10 Å². The standard InChI is InChI=1S/C19H17ClN4O3/c1-12(26)16-17(13-4-3-7-21-11-13)23-24(8-9-25)19(27)18(16)22-15-6-2-5-14(20)10-15/h2-7,10-11,22,25H,8-9H2,1H3. The Hall–Kier alpha value is -3.03. The van der Waals surface area contributed by atoms with Gasteiger partial charge in [-0.1, -0.05) is 17.7 Å². The molecule has 7 nitrogen and oxygen atoms in total. The predicted octanol–water partition coefficient (Wildman–Crippen LogP) is 2.90. The molecule has 3 aromatic rings. The quantitative estimate of drug-likeness (QED) is 0.634. The van der Waals surface area contributed by atoms with Gasteiger partial charge in [-0.05, 0) is 37.3 Å². The number of rotatable bonds is 6. The zero-order valence-corrected chi connectivity index (χ0v) is 15.3. The molecule has 27 heavy (non-hydrogen) atoms. The van der Waals surface area contributed by atoms with Crippen LogP contribution in [0.5, 0.6) is 0 Å². The van der Waals surface area contributed by atoms with Crippen LogP contribution in [0.25, 0.3) is 11.3 Å². The Labute approximate surface area is 160 Å². The Balaban J connectivity index is 2.27. The highest BCUT2D eigenvalue weighted by atomic mass is 35.5. The first-order valence-corrected chi connectivity index (χ1v) is 8.59. The highest BCUT2D eigenvalue weighted by Gasteiger charge is 2.22. The zero-order chi connectivity index (χ0) is 19.4. The Morgan fingerprint density at radius 3 is 2.74 bits per heavy atom. The molecule has 2 heterocycles. The van der Waals surface area contributed by atoms with Crippen molar-refractivity contribution in [3.8, 4) is 11.3 Å². The fourth-order valence-corrected chi connectivity index (χ4v) is 2.88. The molecular weight excluding hydrogens is 368 g/mol. The SMILES string of the molecule is CC(=O)c1c(-c2cccnc2)nn(CCO)c(=O)c1Nc1cccc(Cl)c1. The number of nitrogens with zero attached hydrogens (tertiary/aromatic N) is 3. The van der Waals surface area contributed by atoms with Crippen molar-refractivity contribution in [3.63, 3.8) is 0 Å². The maximum atomic E-state index is 12.9. The number of carbonyl (C=O) groups excluding carboxylic acids is 1. The number of benzene rings is 1. The molecule has 3 rings (SSSR count). The zero-order valence-electron chi connectivity index (χ0n) is 14.5. The summed E-state index contributed by atoms with van der Waals surface area (Å²) < 4.78 is 1.13. The molecule has 0 amide bonds. The molecule has 0 bridgehead atoms. The van der Waals surface area contributed by atoms with Gasteiger partial charge >= 0.3 is 0 Å². The summed E-state index contributed by atoms with van der Waals surface area (Å²) in [5, 5.41) is 17.1. The number of hydrogen-bond donors (Lipinski definition) is 2. The van der Waals surface area contributed by atoms with E-state index in [4.69, 9.17) is 11.6 Å². The Morgan fingerprint density at radius 2 is 2.11 bits per heavy atom.